The Morgan fingerprint density at radius 2 is 1.54 bits per heavy atom. The van der Waals surface area contributed by atoms with Crippen molar-refractivity contribution < 1.29 is 13.2 Å². The van der Waals surface area contributed by atoms with Crippen molar-refractivity contribution in [2.75, 3.05) is 23.7 Å². The van der Waals surface area contributed by atoms with Crippen molar-refractivity contribution in [2.24, 2.45) is 0 Å². The molecule has 0 fully saturated rings. The van der Waals surface area contributed by atoms with Gasteiger partial charge in [0.05, 0.1) is 11.9 Å². The molecular formula is C18H20Cl2N2O3S. The van der Waals surface area contributed by atoms with Crippen molar-refractivity contribution in [2.45, 2.75) is 12.8 Å². The second-order valence-corrected chi connectivity index (χ2v) is 8.61. The number of nitrogens with one attached hydrogen (secondary N) is 1. The van der Waals surface area contributed by atoms with Gasteiger partial charge in [-0.2, -0.15) is 0 Å². The first-order valence-electron chi connectivity index (χ1n) is 8.00. The van der Waals surface area contributed by atoms with E-state index in [2.05, 4.69) is 5.32 Å². The highest BCUT2D eigenvalue weighted by Gasteiger charge is 2.20. The molecule has 0 radical (unpaired) electrons. The lowest BCUT2D eigenvalue weighted by molar-refractivity contribution is -0.119. The Balaban J connectivity index is 1.87. The minimum atomic E-state index is -3.59. The number of sulfonamides is 1. The molecule has 0 aliphatic carbocycles. The average Bonchev–Trinajstić information content (AvgIpc) is 2.58. The van der Waals surface area contributed by atoms with Gasteiger partial charge in [0.2, 0.25) is 15.9 Å². The first-order chi connectivity index (χ1) is 12.3. The number of hydrogen-bond acceptors (Lipinski definition) is 3. The molecule has 1 N–H and O–H groups in total. The second-order valence-electron chi connectivity index (χ2n) is 5.83. The zero-order valence-corrected chi connectivity index (χ0v) is 16.6. The molecule has 2 aromatic rings. The molecule has 26 heavy (non-hydrogen) atoms. The Labute approximate surface area is 164 Å². The predicted molar refractivity (Wildman–Crippen MR) is 106 cm³/mol. The lowest BCUT2D eigenvalue weighted by Gasteiger charge is -2.22. The number of benzene rings is 2. The molecule has 2 aromatic carbocycles. The third-order valence-corrected chi connectivity index (χ3v) is 5.32. The summed E-state index contributed by atoms with van der Waals surface area (Å²) in [6.07, 6.45) is 2.60. The van der Waals surface area contributed by atoms with E-state index in [9.17, 15) is 13.2 Å². The summed E-state index contributed by atoms with van der Waals surface area (Å²) in [6, 6.07) is 13.8. The molecule has 0 aliphatic heterocycles. The quantitative estimate of drug-likeness (QED) is 0.671. The van der Waals surface area contributed by atoms with Crippen LogP contribution in [0.15, 0.2) is 48.5 Å². The number of nitrogens with zero attached hydrogens (tertiary/aromatic N) is 1. The zero-order chi connectivity index (χ0) is 19.2. The molecule has 0 unspecified atom stereocenters. The molecule has 5 nitrogen and oxygen atoms in total. The van der Waals surface area contributed by atoms with E-state index in [1.807, 2.05) is 24.3 Å². The largest absolute Gasteiger partial charge is 0.355 e. The predicted octanol–water partition coefficient (Wildman–Crippen LogP) is 3.51. The minimum absolute atomic E-state index is 0.276. The van der Waals surface area contributed by atoms with Crippen molar-refractivity contribution in [3.63, 3.8) is 0 Å². The fourth-order valence-corrected chi connectivity index (χ4v) is 3.47. The number of aryl methyl sites for hydroxylation is 1. The number of amides is 1. The highest BCUT2D eigenvalue weighted by atomic mass is 35.5. The number of hydrogen-bond donors (Lipinski definition) is 1. The molecule has 0 aromatic heterocycles. The zero-order valence-electron chi connectivity index (χ0n) is 14.3. The van der Waals surface area contributed by atoms with Crippen LogP contribution in [0.25, 0.3) is 0 Å². The van der Waals surface area contributed by atoms with Gasteiger partial charge >= 0.3 is 0 Å². The number of rotatable bonds is 8. The molecule has 0 atom stereocenters. The minimum Gasteiger partial charge on any atom is -0.355 e. The van der Waals surface area contributed by atoms with Crippen LogP contribution in [0.5, 0.6) is 0 Å². The van der Waals surface area contributed by atoms with Gasteiger partial charge in [-0.05, 0) is 54.8 Å². The average molecular weight is 415 g/mol. The summed E-state index contributed by atoms with van der Waals surface area (Å²) in [6.45, 7) is 0.182. The number of carbonyl (C=O) groups is 1. The smallest absolute Gasteiger partial charge is 0.240 e. The van der Waals surface area contributed by atoms with Crippen LogP contribution in [0.3, 0.4) is 0 Å². The third kappa shape index (κ3) is 6.52. The molecule has 0 saturated heterocycles. The summed E-state index contributed by atoms with van der Waals surface area (Å²) in [5.74, 6) is -0.360. The Hall–Kier alpha value is -1.76. The second kappa shape index (κ2) is 9.26. The van der Waals surface area contributed by atoms with Gasteiger partial charge < -0.3 is 5.32 Å². The highest BCUT2D eigenvalue weighted by Crippen LogP contribution is 2.20. The SMILES string of the molecule is CS(=O)(=O)N(CC(=O)NCCCc1ccc(Cl)cc1)c1ccc(Cl)cc1. The number of halogens is 2. The van der Waals surface area contributed by atoms with Crippen LogP contribution in [0.2, 0.25) is 10.0 Å². The maximum Gasteiger partial charge on any atom is 0.240 e. The van der Waals surface area contributed by atoms with Crippen molar-refractivity contribution >= 4 is 44.8 Å². The van der Waals surface area contributed by atoms with E-state index in [0.29, 0.717) is 22.3 Å². The van der Waals surface area contributed by atoms with Gasteiger partial charge in [0.25, 0.3) is 0 Å². The van der Waals surface area contributed by atoms with E-state index < -0.39 is 10.0 Å². The van der Waals surface area contributed by atoms with E-state index in [-0.39, 0.29) is 12.5 Å². The van der Waals surface area contributed by atoms with Gasteiger partial charge in [0.15, 0.2) is 0 Å². The third-order valence-electron chi connectivity index (χ3n) is 3.68. The Kier molecular flexibility index (Phi) is 7.32. The van der Waals surface area contributed by atoms with Crippen molar-refractivity contribution in [3.05, 3.63) is 64.1 Å². The first kappa shape index (κ1) is 20.6. The Bertz CT molecular complexity index is 838. The molecule has 2 rings (SSSR count). The van der Waals surface area contributed by atoms with E-state index in [1.165, 1.54) is 0 Å². The number of anilines is 1. The topological polar surface area (TPSA) is 66.5 Å². The van der Waals surface area contributed by atoms with Crippen molar-refractivity contribution in [1.29, 1.82) is 0 Å². The molecule has 0 saturated carbocycles. The molecule has 0 heterocycles. The number of carbonyl (C=O) groups excluding carboxylic acids is 1. The summed E-state index contributed by atoms with van der Waals surface area (Å²) in [5.41, 5.74) is 1.52. The Morgan fingerprint density at radius 3 is 2.08 bits per heavy atom. The van der Waals surface area contributed by atoms with Crippen molar-refractivity contribution in [1.82, 2.24) is 5.32 Å². The molecule has 8 heteroatoms. The monoisotopic (exact) mass is 414 g/mol. The van der Waals surface area contributed by atoms with E-state index in [0.717, 1.165) is 29.0 Å². The van der Waals surface area contributed by atoms with E-state index in [1.54, 1.807) is 24.3 Å². The van der Waals surface area contributed by atoms with Crippen LogP contribution in [0.4, 0.5) is 5.69 Å². The van der Waals surface area contributed by atoms with Gasteiger partial charge in [-0.25, -0.2) is 8.42 Å². The maximum atomic E-state index is 12.1. The van der Waals surface area contributed by atoms with Crippen molar-refractivity contribution in [3.8, 4) is 0 Å². The van der Waals surface area contributed by atoms with Gasteiger partial charge in [-0.1, -0.05) is 35.3 Å². The van der Waals surface area contributed by atoms with Gasteiger partial charge in [0.1, 0.15) is 6.54 Å². The van der Waals surface area contributed by atoms with Crippen LogP contribution in [0.1, 0.15) is 12.0 Å². The van der Waals surface area contributed by atoms with Gasteiger partial charge in [-0.15, -0.1) is 0 Å². The molecule has 0 bridgehead atoms. The van der Waals surface area contributed by atoms with Crippen LogP contribution in [0, 0.1) is 0 Å². The van der Waals surface area contributed by atoms with Gasteiger partial charge in [0, 0.05) is 16.6 Å². The summed E-state index contributed by atoms with van der Waals surface area (Å²) < 4.78 is 25.0. The summed E-state index contributed by atoms with van der Waals surface area (Å²) in [5, 5.41) is 3.93. The fourth-order valence-electron chi connectivity index (χ4n) is 2.37. The Morgan fingerprint density at radius 1 is 1.00 bits per heavy atom. The molecule has 0 spiro atoms. The van der Waals surface area contributed by atoms with Crippen LogP contribution in [-0.4, -0.2) is 33.7 Å². The fraction of sp³-hybridized carbons (Fsp3) is 0.278. The summed E-state index contributed by atoms with van der Waals surface area (Å²) in [7, 11) is -3.59. The maximum absolute atomic E-state index is 12.1. The lowest BCUT2D eigenvalue weighted by Crippen LogP contribution is -2.40. The molecule has 140 valence electrons. The van der Waals surface area contributed by atoms with Crippen LogP contribution >= 0.6 is 23.2 Å². The molecule has 1 amide bonds. The van der Waals surface area contributed by atoms with Crippen LogP contribution < -0.4 is 9.62 Å². The van der Waals surface area contributed by atoms with E-state index >= 15 is 0 Å². The molecular weight excluding hydrogens is 395 g/mol. The van der Waals surface area contributed by atoms with Gasteiger partial charge in [-0.3, -0.25) is 9.10 Å². The lowest BCUT2D eigenvalue weighted by atomic mass is 10.1. The van der Waals surface area contributed by atoms with E-state index in [4.69, 9.17) is 23.2 Å². The van der Waals surface area contributed by atoms with Crippen LogP contribution in [-0.2, 0) is 21.2 Å². The highest BCUT2D eigenvalue weighted by molar-refractivity contribution is 7.92. The first-order valence-corrected chi connectivity index (χ1v) is 10.6. The standard InChI is InChI=1S/C18H20Cl2N2O3S/c1-26(24,25)22(17-10-8-16(20)9-11-17)13-18(23)21-12-2-3-14-4-6-15(19)7-5-14/h4-11H,2-3,12-13H2,1H3,(H,21,23). The molecule has 0 aliphatic rings. The summed E-state index contributed by atoms with van der Waals surface area (Å²) >= 11 is 11.7. The summed E-state index contributed by atoms with van der Waals surface area (Å²) in [4.78, 5) is 12.1. The normalized spacial score (nSPS) is 11.2.